The van der Waals surface area contributed by atoms with Crippen LogP contribution in [0.5, 0.6) is 0 Å². The predicted molar refractivity (Wildman–Crippen MR) is 62.6 cm³/mol. The summed E-state index contributed by atoms with van der Waals surface area (Å²) in [6.45, 7) is 6.34. The first-order valence-electron chi connectivity index (χ1n) is 5.25. The van der Waals surface area contributed by atoms with E-state index in [1.807, 2.05) is 11.7 Å². The highest BCUT2D eigenvalue weighted by Crippen LogP contribution is 2.20. The highest BCUT2D eigenvalue weighted by atomic mass is 32.1. The van der Waals surface area contributed by atoms with E-state index in [1.165, 1.54) is 5.00 Å². The van der Waals surface area contributed by atoms with E-state index in [4.69, 9.17) is 4.74 Å². The van der Waals surface area contributed by atoms with Gasteiger partial charge in [0.25, 0.3) is 0 Å². The molecule has 1 aromatic rings. The summed E-state index contributed by atoms with van der Waals surface area (Å²) >= 11 is 1.72. The third-order valence-corrected chi connectivity index (χ3v) is 3.55. The minimum Gasteiger partial charge on any atom is -0.383 e. The summed E-state index contributed by atoms with van der Waals surface area (Å²) in [5, 5.41) is 1.29. The summed E-state index contributed by atoms with van der Waals surface area (Å²) in [5.74, 6) is 0. The molecule has 0 N–H and O–H groups in total. The van der Waals surface area contributed by atoms with Gasteiger partial charge in [0.15, 0.2) is 0 Å². The van der Waals surface area contributed by atoms with Crippen LogP contribution in [-0.2, 0) is 4.74 Å². The van der Waals surface area contributed by atoms with Crippen LogP contribution in [0.3, 0.4) is 0 Å². The van der Waals surface area contributed by atoms with Gasteiger partial charge in [-0.3, -0.25) is 9.88 Å². The summed E-state index contributed by atoms with van der Waals surface area (Å²) in [7, 11) is 1.76. The molecule has 1 saturated heterocycles. The second kappa shape index (κ2) is 5.44. The molecule has 0 bridgehead atoms. The summed E-state index contributed by atoms with van der Waals surface area (Å²) in [5.41, 5.74) is 1.90. The number of piperazine rings is 1. The Morgan fingerprint density at radius 2 is 2.20 bits per heavy atom. The van der Waals surface area contributed by atoms with E-state index < -0.39 is 0 Å². The molecule has 2 rings (SSSR count). The zero-order valence-electron chi connectivity index (χ0n) is 9.06. The largest absolute Gasteiger partial charge is 0.383 e. The topological polar surface area (TPSA) is 28.6 Å². The second-order valence-electron chi connectivity index (χ2n) is 3.66. The minimum atomic E-state index is 0.834. The van der Waals surface area contributed by atoms with E-state index in [1.54, 1.807) is 18.4 Å². The first kappa shape index (κ1) is 10.9. The van der Waals surface area contributed by atoms with Gasteiger partial charge in [0.2, 0.25) is 0 Å². The van der Waals surface area contributed by atoms with Crippen molar-refractivity contribution in [2.75, 3.05) is 51.3 Å². The quantitative estimate of drug-likeness (QED) is 0.764. The molecule has 0 unspecified atom stereocenters. The van der Waals surface area contributed by atoms with Gasteiger partial charge in [-0.05, 0) is 0 Å². The van der Waals surface area contributed by atoms with Crippen molar-refractivity contribution in [1.29, 1.82) is 0 Å². The molecule has 4 nitrogen and oxygen atoms in total. The lowest BCUT2D eigenvalue weighted by Crippen LogP contribution is -2.47. The molecule has 5 heteroatoms. The van der Waals surface area contributed by atoms with Crippen LogP contribution >= 0.6 is 11.3 Å². The Morgan fingerprint density at radius 1 is 1.40 bits per heavy atom. The van der Waals surface area contributed by atoms with Gasteiger partial charge in [0, 0.05) is 39.8 Å². The Bertz CT molecular complexity index is 270. The summed E-state index contributed by atoms with van der Waals surface area (Å²) in [6, 6.07) is 0. The van der Waals surface area contributed by atoms with Crippen LogP contribution in [0.1, 0.15) is 0 Å². The van der Waals surface area contributed by atoms with Crippen LogP contribution in [0.15, 0.2) is 11.7 Å². The van der Waals surface area contributed by atoms with E-state index in [2.05, 4.69) is 14.8 Å². The van der Waals surface area contributed by atoms with Crippen LogP contribution in [0, 0.1) is 0 Å². The number of nitrogens with zero attached hydrogens (tertiary/aromatic N) is 3. The molecule has 0 saturated carbocycles. The van der Waals surface area contributed by atoms with E-state index in [0.717, 1.165) is 39.3 Å². The first-order chi connectivity index (χ1) is 7.40. The highest BCUT2D eigenvalue weighted by molar-refractivity contribution is 7.13. The standard InChI is InChI=1S/C10H17N3OS/c1-14-7-6-12-2-4-13(5-3-12)10-8-11-9-15-10/h8-9H,2-7H2,1H3. The van der Waals surface area contributed by atoms with Crippen molar-refractivity contribution in [2.24, 2.45) is 0 Å². The Balaban J connectivity index is 1.77. The van der Waals surface area contributed by atoms with Crippen LogP contribution in [-0.4, -0.2) is 56.3 Å². The van der Waals surface area contributed by atoms with Crippen molar-refractivity contribution in [1.82, 2.24) is 9.88 Å². The predicted octanol–water partition coefficient (Wildman–Crippen LogP) is 0.911. The van der Waals surface area contributed by atoms with E-state index in [-0.39, 0.29) is 0 Å². The zero-order valence-corrected chi connectivity index (χ0v) is 9.87. The van der Waals surface area contributed by atoms with Crippen LogP contribution in [0.25, 0.3) is 0 Å². The first-order valence-corrected chi connectivity index (χ1v) is 6.13. The van der Waals surface area contributed by atoms with Gasteiger partial charge >= 0.3 is 0 Å². The van der Waals surface area contributed by atoms with Gasteiger partial charge < -0.3 is 9.64 Å². The molecule has 2 heterocycles. The Kier molecular flexibility index (Phi) is 3.94. The van der Waals surface area contributed by atoms with E-state index in [0.29, 0.717) is 0 Å². The molecule has 15 heavy (non-hydrogen) atoms. The SMILES string of the molecule is COCCN1CCN(c2cncs2)CC1. The maximum atomic E-state index is 5.08. The van der Waals surface area contributed by atoms with Gasteiger partial charge in [-0.2, -0.15) is 0 Å². The fourth-order valence-electron chi connectivity index (χ4n) is 1.78. The molecule has 1 aliphatic rings. The monoisotopic (exact) mass is 227 g/mol. The lowest BCUT2D eigenvalue weighted by Gasteiger charge is -2.34. The molecule has 0 aromatic carbocycles. The van der Waals surface area contributed by atoms with Crippen molar-refractivity contribution in [3.8, 4) is 0 Å². The number of ether oxygens (including phenoxy) is 1. The van der Waals surface area contributed by atoms with Gasteiger partial charge in [0.05, 0.1) is 18.3 Å². The maximum Gasteiger partial charge on any atom is 0.111 e. The van der Waals surface area contributed by atoms with Gasteiger partial charge in [-0.25, -0.2) is 0 Å². The number of methoxy groups -OCH3 is 1. The lowest BCUT2D eigenvalue weighted by atomic mass is 10.3. The maximum absolute atomic E-state index is 5.08. The molecule has 1 aromatic heterocycles. The number of hydrogen-bond donors (Lipinski definition) is 0. The summed E-state index contributed by atoms with van der Waals surface area (Å²) in [6.07, 6.45) is 1.95. The Labute approximate surface area is 94.5 Å². The fourth-order valence-corrected chi connectivity index (χ4v) is 2.46. The average molecular weight is 227 g/mol. The van der Waals surface area contributed by atoms with Crippen molar-refractivity contribution in [3.63, 3.8) is 0 Å². The highest BCUT2D eigenvalue weighted by Gasteiger charge is 2.17. The molecule has 0 atom stereocenters. The van der Waals surface area contributed by atoms with Crippen LogP contribution in [0.2, 0.25) is 0 Å². The molecular formula is C10H17N3OS. The van der Waals surface area contributed by atoms with Gasteiger partial charge in [-0.15, -0.1) is 11.3 Å². The molecule has 0 spiro atoms. The van der Waals surface area contributed by atoms with Gasteiger partial charge in [-0.1, -0.05) is 0 Å². The summed E-state index contributed by atoms with van der Waals surface area (Å²) in [4.78, 5) is 8.96. The Hall–Kier alpha value is -0.650. The molecule has 1 aliphatic heterocycles. The van der Waals surface area contributed by atoms with Crippen molar-refractivity contribution < 1.29 is 4.74 Å². The third-order valence-electron chi connectivity index (χ3n) is 2.71. The smallest absolute Gasteiger partial charge is 0.111 e. The van der Waals surface area contributed by atoms with Crippen LogP contribution in [0.4, 0.5) is 5.00 Å². The second-order valence-corrected chi connectivity index (χ2v) is 4.53. The normalized spacial score (nSPS) is 18.3. The fraction of sp³-hybridized carbons (Fsp3) is 0.700. The number of aromatic nitrogens is 1. The molecule has 0 radical (unpaired) electrons. The number of rotatable bonds is 4. The average Bonchev–Trinajstić information content (AvgIpc) is 2.80. The van der Waals surface area contributed by atoms with Gasteiger partial charge in [0.1, 0.15) is 5.00 Å². The van der Waals surface area contributed by atoms with Crippen LogP contribution < -0.4 is 4.90 Å². The molecular weight excluding hydrogens is 210 g/mol. The van der Waals surface area contributed by atoms with Crippen molar-refractivity contribution in [2.45, 2.75) is 0 Å². The number of anilines is 1. The Morgan fingerprint density at radius 3 is 2.80 bits per heavy atom. The van der Waals surface area contributed by atoms with Crippen molar-refractivity contribution in [3.05, 3.63) is 11.7 Å². The molecule has 84 valence electrons. The summed E-state index contributed by atoms with van der Waals surface area (Å²) < 4.78 is 5.08. The zero-order chi connectivity index (χ0) is 10.5. The molecule has 0 aliphatic carbocycles. The molecule has 0 amide bonds. The lowest BCUT2D eigenvalue weighted by molar-refractivity contribution is 0.144. The number of hydrogen-bond acceptors (Lipinski definition) is 5. The van der Waals surface area contributed by atoms with Crippen molar-refractivity contribution >= 4 is 16.3 Å². The van der Waals surface area contributed by atoms with E-state index in [9.17, 15) is 0 Å². The van der Waals surface area contributed by atoms with E-state index >= 15 is 0 Å². The number of thiazole rings is 1. The molecule has 1 fully saturated rings. The minimum absolute atomic E-state index is 0.834. The third kappa shape index (κ3) is 2.90.